The molecule has 0 fully saturated rings. The van der Waals surface area contributed by atoms with Crippen LogP contribution in [-0.4, -0.2) is 34.9 Å². The minimum Gasteiger partial charge on any atom is -0.496 e. The van der Waals surface area contributed by atoms with Crippen molar-refractivity contribution in [2.24, 2.45) is 0 Å². The van der Waals surface area contributed by atoms with Crippen LogP contribution in [0.5, 0.6) is 11.5 Å². The number of methoxy groups -OCH3 is 3. The van der Waals surface area contributed by atoms with Crippen LogP contribution in [0.2, 0.25) is 0 Å². The molecule has 0 atom stereocenters. The summed E-state index contributed by atoms with van der Waals surface area (Å²) in [5.41, 5.74) is 2.14. The molecule has 0 saturated heterocycles. The summed E-state index contributed by atoms with van der Waals surface area (Å²) < 4.78 is 15.9. The highest BCUT2D eigenvalue weighted by Gasteiger charge is 2.11. The molecule has 96 valence electrons. The average Bonchev–Trinajstić information content (AvgIpc) is 2.36. The van der Waals surface area contributed by atoms with Crippen LogP contribution in [0.25, 0.3) is 0 Å². The van der Waals surface area contributed by atoms with Crippen molar-refractivity contribution < 1.29 is 14.2 Å². The minimum absolute atomic E-state index is 0.555. The molecule has 0 saturated carbocycles. The van der Waals surface area contributed by atoms with Gasteiger partial charge in [-0.3, -0.25) is 0 Å². The van der Waals surface area contributed by atoms with Gasteiger partial charge in [-0.15, -0.1) is 0 Å². The highest BCUT2D eigenvalue weighted by atomic mass is 16.5. The van der Waals surface area contributed by atoms with Crippen LogP contribution >= 0.6 is 0 Å². The first kappa shape index (κ1) is 13.8. The SMILES string of the molecule is CNCCc1c(OC)cc(COC)cc1OC. The molecule has 0 amide bonds. The summed E-state index contributed by atoms with van der Waals surface area (Å²) in [7, 11) is 6.95. The highest BCUT2D eigenvalue weighted by molar-refractivity contribution is 5.48. The molecule has 1 aromatic carbocycles. The third kappa shape index (κ3) is 3.61. The van der Waals surface area contributed by atoms with Crippen molar-refractivity contribution in [1.82, 2.24) is 5.32 Å². The third-order valence-corrected chi connectivity index (χ3v) is 2.60. The lowest BCUT2D eigenvalue weighted by Crippen LogP contribution is -2.12. The Morgan fingerprint density at radius 3 is 2.06 bits per heavy atom. The molecule has 0 aliphatic heterocycles. The molecule has 0 spiro atoms. The van der Waals surface area contributed by atoms with E-state index in [4.69, 9.17) is 14.2 Å². The van der Waals surface area contributed by atoms with Crippen molar-refractivity contribution in [3.05, 3.63) is 23.3 Å². The summed E-state index contributed by atoms with van der Waals surface area (Å²) in [6.07, 6.45) is 0.871. The van der Waals surface area contributed by atoms with Gasteiger partial charge in [-0.05, 0) is 37.7 Å². The molecule has 0 heterocycles. The predicted molar refractivity (Wildman–Crippen MR) is 67.9 cm³/mol. The predicted octanol–water partition coefficient (Wildman–Crippen LogP) is 1.61. The topological polar surface area (TPSA) is 39.7 Å². The molecule has 4 nitrogen and oxygen atoms in total. The largest absolute Gasteiger partial charge is 0.496 e. The Balaban J connectivity index is 3.07. The molecule has 0 unspecified atom stereocenters. The Hall–Kier alpha value is -1.26. The Bertz CT molecular complexity index is 328. The Labute approximate surface area is 103 Å². The monoisotopic (exact) mass is 239 g/mol. The molecule has 1 N–H and O–H groups in total. The van der Waals surface area contributed by atoms with Crippen LogP contribution in [0, 0.1) is 0 Å². The Morgan fingerprint density at radius 1 is 1.06 bits per heavy atom. The van der Waals surface area contributed by atoms with E-state index in [2.05, 4.69) is 5.32 Å². The van der Waals surface area contributed by atoms with E-state index in [1.165, 1.54) is 0 Å². The van der Waals surface area contributed by atoms with Gasteiger partial charge in [-0.2, -0.15) is 0 Å². The number of rotatable bonds is 7. The molecule has 1 aromatic rings. The van der Waals surface area contributed by atoms with Crippen LogP contribution < -0.4 is 14.8 Å². The first-order valence-corrected chi connectivity index (χ1v) is 5.64. The summed E-state index contributed by atoms with van der Waals surface area (Å²) in [4.78, 5) is 0. The van der Waals surface area contributed by atoms with Gasteiger partial charge < -0.3 is 19.5 Å². The lowest BCUT2D eigenvalue weighted by atomic mass is 10.1. The van der Waals surface area contributed by atoms with E-state index in [9.17, 15) is 0 Å². The quantitative estimate of drug-likeness (QED) is 0.784. The number of nitrogens with one attached hydrogen (secondary N) is 1. The second kappa shape index (κ2) is 7.14. The van der Waals surface area contributed by atoms with Crippen LogP contribution in [0.1, 0.15) is 11.1 Å². The van der Waals surface area contributed by atoms with E-state index in [1.54, 1.807) is 21.3 Å². The van der Waals surface area contributed by atoms with Gasteiger partial charge in [0.25, 0.3) is 0 Å². The van der Waals surface area contributed by atoms with Crippen molar-refractivity contribution in [3.63, 3.8) is 0 Å². The molecule has 0 aliphatic carbocycles. The zero-order valence-electron chi connectivity index (χ0n) is 11.0. The number of benzene rings is 1. The van der Waals surface area contributed by atoms with Gasteiger partial charge in [0.15, 0.2) is 0 Å². The van der Waals surface area contributed by atoms with E-state index < -0.39 is 0 Å². The van der Waals surface area contributed by atoms with Crippen LogP contribution in [-0.2, 0) is 17.8 Å². The fourth-order valence-electron chi connectivity index (χ4n) is 1.78. The van der Waals surface area contributed by atoms with Crippen LogP contribution in [0.3, 0.4) is 0 Å². The second-order valence-corrected chi connectivity index (χ2v) is 3.77. The van der Waals surface area contributed by atoms with E-state index >= 15 is 0 Å². The van der Waals surface area contributed by atoms with E-state index in [0.29, 0.717) is 6.61 Å². The Kier molecular flexibility index (Phi) is 5.80. The van der Waals surface area contributed by atoms with Gasteiger partial charge in [-0.1, -0.05) is 0 Å². The Morgan fingerprint density at radius 2 is 1.65 bits per heavy atom. The van der Waals surface area contributed by atoms with E-state index in [0.717, 1.165) is 35.6 Å². The summed E-state index contributed by atoms with van der Waals surface area (Å²) in [6, 6.07) is 3.99. The van der Waals surface area contributed by atoms with Crippen molar-refractivity contribution in [1.29, 1.82) is 0 Å². The van der Waals surface area contributed by atoms with Gasteiger partial charge in [0.2, 0.25) is 0 Å². The van der Waals surface area contributed by atoms with Crippen molar-refractivity contribution >= 4 is 0 Å². The summed E-state index contributed by atoms with van der Waals surface area (Å²) in [6.45, 7) is 1.44. The number of hydrogen-bond donors (Lipinski definition) is 1. The van der Waals surface area contributed by atoms with Crippen molar-refractivity contribution in [3.8, 4) is 11.5 Å². The summed E-state index contributed by atoms with van der Waals surface area (Å²) >= 11 is 0. The first-order chi connectivity index (χ1) is 8.26. The van der Waals surface area contributed by atoms with Gasteiger partial charge in [0, 0.05) is 12.7 Å². The molecule has 0 radical (unpaired) electrons. The highest BCUT2D eigenvalue weighted by Crippen LogP contribution is 2.31. The summed E-state index contributed by atoms with van der Waals surface area (Å²) in [5.74, 6) is 1.71. The third-order valence-electron chi connectivity index (χ3n) is 2.60. The lowest BCUT2D eigenvalue weighted by Gasteiger charge is -2.15. The fourth-order valence-corrected chi connectivity index (χ4v) is 1.78. The average molecular weight is 239 g/mol. The molecule has 1 rings (SSSR count). The molecule has 17 heavy (non-hydrogen) atoms. The van der Waals surface area contributed by atoms with E-state index in [1.807, 2.05) is 19.2 Å². The van der Waals surface area contributed by atoms with Gasteiger partial charge in [0.1, 0.15) is 11.5 Å². The maximum absolute atomic E-state index is 5.41. The first-order valence-electron chi connectivity index (χ1n) is 5.64. The normalized spacial score (nSPS) is 10.4. The van der Waals surface area contributed by atoms with Crippen molar-refractivity contribution in [2.45, 2.75) is 13.0 Å². The maximum atomic E-state index is 5.41. The van der Waals surface area contributed by atoms with E-state index in [-0.39, 0.29) is 0 Å². The van der Waals surface area contributed by atoms with Gasteiger partial charge >= 0.3 is 0 Å². The molecule has 0 aromatic heterocycles. The zero-order valence-corrected chi connectivity index (χ0v) is 11.0. The lowest BCUT2D eigenvalue weighted by molar-refractivity contribution is 0.184. The number of ether oxygens (including phenoxy) is 3. The molecule has 0 aliphatic rings. The molecular weight excluding hydrogens is 218 g/mol. The van der Waals surface area contributed by atoms with Crippen LogP contribution in [0.4, 0.5) is 0 Å². The van der Waals surface area contributed by atoms with Gasteiger partial charge in [-0.25, -0.2) is 0 Å². The maximum Gasteiger partial charge on any atom is 0.126 e. The zero-order chi connectivity index (χ0) is 12.7. The number of likely N-dealkylation sites (N-methyl/N-ethyl adjacent to an activating group) is 1. The minimum atomic E-state index is 0.555. The summed E-state index contributed by atoms with van der Waals surface area (Å²) in [5, 5.41) is 3.12. The second-order valence-electron chi connectivity index (χ2n) is 3.77. The molecular formula is C13H21NO3. The van der Waals surface area contributed by atoms with Crippen molar-refractivity contribution in [2.75, 3.05) is 34.9 Å². The standard InChI is InChI=1S/C13H21NO3/c1-14-6-5-11-12(16-3)7-10(9-15-2)8-13(11)17-4/h7-8,14H,5-6,9H2,1-4H3. The van der Waals surface area contributed by atoms with Gasteiger partial charge in [0.05, 0.1) is 20.8 Å². The molecule has 0 bridgehead atoms. The molecule has 4 heteroatoms. The fraction of sp³-hybridized carbons (Fsp3) is 0.538. The number of hydrogen-bond acceptors (Lipinski definition) is 4. The smallest absolute Gasteiger partial charge is 0.126 e. The van der Waals surface area contributed by atoms with Crippen LogP contribution in [0.15, 0.2) is 12.1 Å².